The van der Waals surface area contributed by atoms with Gasteiger partial charge in [-0.2, -0.15) is 0 Å². The Kier molecular flexibility index (Phi) is 3.47. The number of aliphatic carboxylic acids is 1. The fourth-order valence-electron chi connectivity index (χ4n) is 1.22. The van der Waals surface area contributed by atoms with Gasteiger partial charge < -0.3 is 5.11 Å². The average molecular weight is 217 g/mol. The Labute approximate surface area is 86.3 Å². The number of halogens is 2. The van der Waals surface area contributed by atoms with Gasteiger partial charge >= 0.3 is 5.97 Å². The first-order valence-corrected chi connectivity index (χ1v) is 4.55. The minimum absolute atomic E-state index is 0.0866. The van der Waals surface area contributed by atoms with E-state index in [-0.39, 0.29) is 18.7 Å². The van der Waals surface area contributed by atoms with E-state index in [1.807, 2.05) is 0 Å². The third kappa shape index (κ3) is 2.70. The molecule has 1 aromatic carbocycles. The standard InChI is InChI=1S/C10H10ClFO2/c1-6-4-8(11)5-7(10(6)12)2-3-9(13)14/h4-5H,2-3H2,1H3,(H,13,14). The Morgan fingerprint density at radius 1 is 1.57 bits per heavy atom. The maximum absolute atomic E-state index is 13.4. The Morgan fingerprint density at radius 3 is 2.79 bits per heavy atom. The van der Waals surface area contributed by atoms with Gasteiger partial charge in [-0.25, -0.2) is 4.39 Å². The van der Waals surface area contributed by atoms with Crippen LogP contribution in [0, 0.1) is 12.7 Å². The topological polar surface area (TPSA) is 37.3 Å². The normalized spacial score (nSPS) is 10.2. The fourth-order valence-corrected chi connectivity index (χ4v) is 1.51. The molecule has 14 heavy (non-hydrogen) atoms. The highest BCUT2D eigenvalue weighted by Gasteiger charge is 2.08. The lowest BCUT2D eigenvalue weighted by molar-refractivity contribution is -0.136. The Balaban J connectivity index is 2.90. The second kappa shape index (κ2) is 4.42. The van der Waals surface area contributed by atoms with Crippen LogP contribution in [-0.2, 0) is 11.2 Å². The summed E-state index contributed by atoms with van der Waals surface area (Å²) in [5, 5.41) is 8.88. The van der Waals surface area contributed by atoms with Gasteiger partial charge in [0.1, 0.15) is 5.82 Å². The van der Waals surface area contributed by atoms with Crippen LogP contribution in [0.1, 0.15) is 17.5 Å². The Hall–Kier alpha value is -1.09. The number of hydrogen-bond acceptors (Lipinski definition) is 1. The molecular formula is C10H10ClFO2. The molecule has 0 saturated carbocycles. The van der Waals surface area contributed by atoms with Crippen molar-refractivity contribution in [2.45, 2.75) is 19.8 Å². The van der Waals surface area contributed by atoms with Crippen LogP contribution in [0.15, 0.2) is 12.1 Å². The molecule has 0 heterocycles. The number of benzene rings is 1. The van der Waals surface area contributed by atoms with Crippen molar-refractivity contribution >= 4 is 17.6 Å². The van der Waals surface area contributed by atoms with E-state index in [1.165, 1.54) is 12.1 Å². The summed E-state index contributed by atoms with van der Waals surface area (Å²) in [7, 11) is 0. The van der Waals surface area contributed by atoms with Crippen LogP contribution < -0.4 is 0 Å². The maximum Gasteiger partial charge on any atom is 0.303 e. The van der Waals surface area contributed by atoms with Gasteiger partial charge in [0.2, 0.25) is 0 Å². The van der Waals surface area contributed by atoms with Crippen LogP contribution in [0.3, 0.4) is 0 Å². The summed E-state index contributed by atoms with van der Waals surface area (Å²) in [6, 6.07) is 2.98. The molecule has 1 N–H and O–H groups in total. The second-order valence-electron chi connectivity index (χ2n) is 3.09. The van der Waals surface area contributed by atoms with E-state index in [1.54, 1.807) is 6.92 Å². The van der Waals surface area contributed by atoms with Crippen LogP contribution >= 0.6 is 11.6 Å². The SMILES string of the molecule is Cc1cc(Cl)cc(CCC(=O)O)c1F. The Morgan fingerprint density at radius 2 is 2.21 bits per heavy atom. The van der Waals surface area contributed by atoms with E-state index < -0.39 is 5.97 Å². The van der Waals surface area contributed by atoms with Crippen molar-refractivity contribution in [2.24, 2.45) is 0 Å². The van der Waals surface area contributed by atoms with Gasteiger partial charge in [0, 0.05) is 11.4 Å². The molecule has 0 amide bonds. The van der Waals surface area contributed by atoms with Crippen molar-refractivity contribution in [3.05, 3.63) is 34.1 Å². The monoisotopic (exact) mass is 216 g/mol. The molecule has 0 fully saturated rings. The summed E-state index contributed by atoms with van der Waals surface area (Å²) in [6.45, 7) is 1.60. The predicted molar refractivity (Wildman–Crippen MR) is 52.1 cm³/mol. The van der Waals surface area contributed by atoms with Crippen molar-refractivity contribution in [3.8, 4) is 0 Å². The highest BCUT2D eigenvalue weighted by molar-refractivity contribution is 6.30. The molecule has 0 atom stereocenters. The van der Waals surface area contributed by atoms with Crippen LogP contribution in [0.5, 0.6) is 0 Å². The van der Waals surface area contributed by atoms with Crippen molar-refractivity contribution in [3.63, 3.8) is 0 Å². The predicted octanol–water partition coefficient (Wildman–Crippen LogP) is 2.80. The summed E-state index contributed by atoms with van der Waals surface area (Å²) in [6.07, 6.45) is 0.0826. The zero-order valence-corrected chi connectivity index (χ0v) is 8.44. The van der Waals surface area contributed by atoms with E-state index in [0.29, 0.717) is 16.1 Å². The van der Waals surface area contributed by atoms with Gasteiger partial charge in [0.05, 0.1) is 0 Å². The molecule has 0 aliphatic heterocycles. The summed E-state index contributed by atoms with van der Waals surface area (Å²) in [5.74, 6) is -1.31. The molecule has 0 spiro atoms. The summed E-state index contributed by atoms with van der Waals surface area (Å²) < 4.78 is 13.4. The van der Waals surface area contributed by atoms with E-state index in [9.17, 15) is 9.18 Å². The molecule has 0 aliphatic rings. The van der Waals surface area contributed by atoms with Crippen molar-refractivity contribution < 1.29 is 14.3 Å². The van der Waals surface area contributed by atoms with Crippen LogP contribution in [0.25, 0.3) is 0 Å². The molecule has 2 nitrogen and oxygen atoms in total. The number of carboxylic acid groups (broad SMARTS) is 1. The van der Waals surface area contributed by atoms with Crippen LogP contribution in [0.4, 0.5) is 4.39 Å². The average Bonchev–Trinajstić information content (AvgIpc) is 2.08. The first-order valence-electron chi connectivity index (χ1n) is 4.17. The lowest BCUT2D eigenvalue weighted by Crippen LogP contribution is -2.00. The molecule has 0 radical (unpaired) electrons. The van der Waals surface area contributed by atoms with Crippen molar-refractivity contribution in [1.82, 2.24) is 0 Å². The number of carboxylic acids is 1. The molecule has 4 heteroatoms. The number of hydrogen-bond donors (Lipinski definition) is 1. The molecule has 0 saturated heterocycles. The molecule has 0 unspecified atom stereocenters. The van der Waals surface area contributed by atoms with E-state index in [2.05, 4.69) is 0 Å². The van der Waals surface area contributed by atoms with Crippen LogP contribution in [-0.4, -0.2) is 11.1 Å². The molecule has 76 valence electrons. The van der Waals surface area contributed by atoms with Gasteiger partial charge in [-0.05, 0) is 36.6 Å². The summed E-state index contributed by atoms with van der Waals surface area (Å²) in [4.78, 5) is 10.3. The first-order chi connectivity index (χ1) is 6.50. The first kappa shape index (κ1) is 11.0. The van der Waals surface area contributed by atoms with Crippen molar-refractivity contribution in [1.29, 1.82) is 0 Å². The molecule has 0 aromatic heterocycles. The largest absolute Gasteiger partial charge is 0.481 e. The van der Waals surface area contributed by atoms with Gasteiger partial charge in [-0.3, -0.25) is 4.79 Å². The van der Waals surface area contributed by atoms with Gasteiger partial charge in [-0.1, -0.05) is 11.6 Å². The molecule has 1 aromatic rings. The van der Waals surface area contributed by atoms with Crippen LogP contribution in [0.2, 0.25) is 5.02 Å². The number of carbonyl (C=O) groups is 1. The second-order valence-corrected chi connectivity index (χ2v) is 3.53. The number of rotatable bonds is 3. The Bertz CT molecular complexity index is 363. The minimum atomic E-state index is -0.943. The lowest BCUT2D eigenvalue weighted by atomic mass is 10.1. The molecular weight excluding hydrogens is 207 g/mol. The fraction of sp³-hybridized carbons (Fsp3) is 0.300. The van der Waals surface area contributed by atoms with Gasteiger partial charge in [-0.15, -0.1) is 0 Å². The third-order valence-corrected chi connectivity index (χ3v) is 2.12. The smallest absolute Gasteiger partial charge is 0.303 e. The lowest BCUT2D eigenvalue weighted by Gasteiger charge is -2.04. The van der Waals surface area contributed by atoms with E-state index in [0.717, 1.165) is 0 Å². The van der Waals surface area contributed by atoms with Crippen molar-refractivity contribution in [2.75, 3.05) is 0 Å². The third-order valence-electron chi connectivity index (χ3n) is 1.90. The molecule has 0 aliphatic carbocycles. The van der Waals surface area contributed by atoms with E-state index in [4.69, 9.17) is 16.7 Å². The molecule has 1 rings (SSSR count). The quantitative estimate of drug-likeness (QED) is 0.844. The van der Waals surface area contributed by atoms with E-state index >= 15 is 0 Å². The maximum atomic E-state index is 13.4. The zero-order valence-electron chi connectivity index (χ0n) is 7.68. The zero-order chi connectivity index (χ0) is 10.7. The minimum Gasteiger partial charge on any atom is -0.481 e. The summed E-state index contributed by atoms with van der Waals surface area (Å²) >= 11 is 5.72. The highest BCUT2D eigenvalue weighted by Crippen LogP contribution is 2.20. The number of aryl methyl sites for hydroxylation is 2. The van der Waals surface area contributed by atoms with Gasteiger partial charge in [0.25, 0.3) is 0 Å². The summed E-state index contributed by atoms with van der Waals surface area (Å²) in [5.41, 5.74) is 0.801. The molecule has 0 bridgehead atoms. The highest BCUT2D eigenvalue weighted by atomic mass is 35.5. The van der Waals surface area contributed by atoms with Gasteiger partial charge in [0.15, 0.2) is 0 Å².